The van der Waals surface area contributed by atoms with Crippen LogP contribution < -0.4 is 5.32 Å². The van der Waals surface area contributed by atoms with Crippen molar-refractivity contribution in [1.29, 1.82) is 0 Å². The molecule has 0 aliphatic carbocycles. The molecule has 0 aliphatic heterocycles. The van der Waals surface area contributed by atoms with E-state index in [-0.39, 0.29) is 12.6 Å². The van der Waals surface area contributed by atoms with Crippen LogP contribution in [-0.2, 0) is 24.5 Å². The molecule has 0 spiro atoms. The Bertz CT molecular complexity index is 610. The van der Waals surface area contributed by atoms with Gasteiger partial charge in [-0.2, -0.15) is 18.3 Å². The maximum Gasteiger partial charge on any atom is 0.416 e. The summed E-state index contributed by atoms with van der Waals surface area (Å²) in [6.07, 6.45) is -2.68. The summed E-state index contributed by atoms with van der Waals surface area (Å²) >= 11 is 0. The molecule has 1 heterocycles. The minimum absolute atomic E-state index is 0.277. The van der Waals surface area contributed by atoms with Gasteiger partial charge in [0, 0.05) is 26.9 Å². The van der Waals surface area contributed by atoms with E-state index >= 15 is 0 Å². The summed E-state index contributed by atoms with van der Waals surface area (Å²) in [5.41, 5.74) is 0.820. The molecular weight excluding hydrogens is 295 g/mol. The molecule has 0 saturated heterocycles. The summed E-state index contributed by atoms with van der Waals surface area (Å²) in [6, 6.07) is 6.81. The van der Waals surface area contributed by atoms with E-state index in [1.807, 2.05) is 13.1 Å². The fourth-order valence-electron chi connectivity index (χ4n) is 2.17. The van der Waals surface area contributed by atoms with Crippen LogP contribution >= 0.6 is 0 Å². The molecule has 0 saturated carbocycles. The Hall–Kier alpha value is -1.86. The minimum atomic E-state index is -4.35. The highest BCUT2D eigenvalue weighted by Gasteiger charge is 2.31. The molecule has 120 valence electrons. The van der Waals surface area contributed by atoms with Crippen LogP contribution in [0.1, 0.15) is 22.9 Å². The smallest absolute Gasteiger partial charge is 0.383 e. The summed E-state index contributed by atoms with van der Waals surface area (Å²) < 4.78 is 45.3. The highest BCUT2D eigenvalue weighted by molar-refractivity contribution is 5.28. The molecule has 2 aromatic rings. The van der Waals surface area contributed by atoms with Crippen molar-refractivity contribution >= 4 is 0 Å². The SMILES string of the molecule is COC[C@H](NCc1ccnn1C)c1cccc(C(F)(F)F)c1. The first kappa shape index (κ1) is 16.5. The molecule has 0 fully saturated rings. The normalized spacial score (nSPS) is 13.3. The Morgan fingerprint density at radius 3 is 2.68 bits per heavy atom. The van der Waals surface area contributed by atoms with Crippen molar-refractivity contribution in [3.63, 3.8) is 0 Å². The van der Waals surface area contributed by atoms with Gasteiger partial charge in [-0.1, -0.05) is 12.1 Å². The first-order chi connectivity index (χ1) is 10.4. The fraction of sp³-hybridized carbons (Fsp3) is 0.400. The zero-order valence-electron chi connectivity index (χ0n) is 12.4. The first-order valence-corrected chi connectivity index (χ1v) is 6.78. The van der Waals surface area contributed by atoms with Crippen molar-refractivity contribution < 1.29 is 17.9 Å². The average Bonchev–Trinajstić information content (AvgIpc) is 2.88. The number of alkyl halides is 3. The largest absolute Gasteiger partial charge is 0.416 e. The van der Waals surface area contributed by atoms with Crippen molar-refractivity contribution in [3.8, 4) is 0 Å². The van der Waals surface area contributed by atoms with Crippen LogP contribution in [0.15, 0.2) is 36.5 Å². The van der Waals surface area contributed by atoms with Crippen LogP contribution in [0.3, 0.4) is 0 Å². The Morgan fingerprint density at radius 1 is 1.32 bits per heavy atom. The number of ether oxygens (including phenoxy) is 1. The molecule has 0 amide bonds. The van der Waals surface area contributed by atoms with Gasteiger partial charge in [0.1, 0.15) is 0 Å². The highest BCUT2D eigenvalue weighted by atomic mass is 19.4. The lowest BCUT2D eigenvalue weighted by Crippen LogP contribution is -2.26. The third kappa shape index (κ3) is 4.08. The van der Waals surface area contributed by atoms with E-state index < -0.39 is 11.7 Å². The number of aromatic nitrogens is 2. The topological polar surface area (TPSA) is 39.1 Å². The van der Waals surface area contributed by atoms with Crippen LogP contribution in [-0.4, -0.2) is 23.5 Å². The first-order valence-electron chi connectivity index (χ1n) is 6.78. The number of methoxy groups -OCH3 is 1. The van der Waals surface area contributed by atoms with E-state index in [4.69, 9.17) is 4.74 Å². The zero-order chi connectivity index (χ0) is 16.2. The van der Waals surface area contributed by atoms with Crippen molar-refractivity contribution in [2.24, 2.45) is 7.05 Å². The molecule has 1 atom stereocenters. The summed E-state index contributed by atoms with van der Waals surface area (Å²) in [5.74, 6) is 0. The second kappa shape index (κ2) is 6.93. The summed E-state index contributed by atoms with van der Waals surface area (Å²) in [7, 11) is 3.33. The third-order valence-electron chi connectivity index (χ3n) is 3.40. The van der Waals surface area contributed by atoms with Crippen molar-refractivity contribution in [1.82, 2.24) is 15.1 Å². The van der Waals surface area contributed by atoms with Gasteiger partial charge in [0.25, 0.3) is 0 Å². The lowest BCUT2D eigenvalue weighted by atomic mass is 10.0. The van der Waals surface area contributed by atoms with E-state index in [2.05, 4.69) is 10.4 Å². The molecule has 1 N–H and O–H groups in total. The molecule has 22 heavy (non-hydrogen) atoms. The molecule has 0 unspecified atom stereocenters. The van der Waals surface area contributed by atoms with Crippen LogP contribution in [0.5, 0.6) is 0 Å². The Labute approximate surface area is 126 Å². The lowest BCUT2D eigenvalue weighted by molar-refractivity contribution is -0.137. The van der Waals surface area contributed by atoms with Crippen molar-refractivity contribution in [3.05, 3.63) is 53.3 Å². The fourth-order valence-corrected chi connectivity index (χ4v) is 2.17. The molecule has 7 heteroatoms. The number of aryl methyl sites for hydroxylation is 1. The second-order valence-electron chi connectivity index (χ2n) is 4.96. The van der Waals surface area contributed by atoms with Crippen LogP contribution in [0, 0.1) is 0 Å². The van der Waals surface area contributed by atoms with Gasteiger partial charge in [0.2, 0.25) is 0 Å². The number of benzene rings is 1. The molecule has 0 radical (unpaired) electrons. The Morgan fingerprint density at radius 2 is 2.09 bits per heavy atom. The number of hydrogen-bond donors (Lipinski definition) is 1. The number of rotatable bonds is 6. The lowest BCUT2D eigenvalue weighted by Gasteiger charge is -2.19. The van der Waals surface area contributed by atoms with Gasteiger partial charge in [-0.05, 0) is 23.8 Å². The Kier molecular flexibility index (Phi) is 5.20. The average molecular weight is 313 g/mol. The van der Waals surface area contributed by atoms with Crippen LogP contribution in [0.2, 0.25) is 0 Å². The van der Waals surface area contributed by atoms with Crippen molar-refractivity contribution in [2.75, 3.05) is 13.7 Å². The van der Waals surface area contributed by atoms with Gasteiger partial charge in [-0.3, -0.25) is 4.68 Å². The third-order valence-corrected chi connectivity index (χ3v) is 3.40. The number of nitrogens with zero attached hydrogens (tertiary/aromatic N) is 2. The summed E-state index contributed by atoms with van der Waals surface area (Å²) in [6.45, 7) is 0.764. The van der Waals surface area contributed by atoms with Crippen LogP contribution in [0.25, 0.3) is 0 Å². The van der Waals surface area contributed by atoms with Gasteiger partial charge in [0.15, 0.2) is 0 Å². The molecule has 1 aromatic carbocycles. The van der Waals surface area contributed by atoms with E-state index in [1.165, 1.54) is 13.2 Å². The van der Waals surface area contributed by atoms with E-state index in [9.17, 15) is 13.2 Å². The molecule has 4 nitrogen and oxygen atoms in total. The standard InChI is InChI=1S/C15H18F3N3O/c1-21-13(6-7-20-21)9-19-14(10-22-2)11-4-3-5-12(8-11)15(16,17)18/h3-8,14,19H,9-10H2,1-2H3/t14-/m0/s1. The van der Waals surface area contributed by atoms with Crippen LogP contribution in [0.4, 0.5) is 13.2 Å². The van der Waals surface area contributed by atoms with Gasteiger partial charge in [-0.25, -0.2) is 0 Å². The zero-order valence-corrected chi connectivity index (χ0v) is 12.4. The van der Waals surface area contributed by atoms with Gasteiger partial charge in [-0.15, -0.1) is 0 Å². The number of halogens is 3. The maximum atomic E-state index is 12.8. The van der Waals surface area contributed by atoms with E-state index in [0.717, 1.165) is 17.8 Å². The quantitative estimate of drug-likeness (QED) is 0.891. The van der Waals surface area contributed by atoms with E-state index in [0.29, 0.717) is 12.1 Å². The van der Waals surface area contributed by atoms with Crippen molar-refractivity contribution in [2.45, 2.75) is 18.8 Å². The minimum Gasteiger partial charge on any atom is -0.383 e. The monoisotopic (exact) mass is 313 g/mol. The number of nitrogens with one attached hydrogen (secondary N) is 1. The molecule has 1 aromatic heterocycles. The van der Waals surface area contributed by atoms with Gasteiger partial charge < -0.3 is 10.1 Å². The maximum absolute atomic E-state index is 12.8. The molecular formula is C15H18F3N3O. The molecule has 2 rings (SSSR count). The highest BCUT2D eigenvalue weighted by Crippen LogP contribution is 2.30. The summed E-state index contributed by atoms with van der Waals surface area (Å²) in [5, 5.41) is 7.26. The van der Waals surface area contributed by atoms with E-state index in [1.54, 1.807) is 16.9 Å². The summed E-state index contributed by atoms with van der Waals surface area (Å²) in [4.78, 5) is 0. The second-order valence-corrected chi connectivity index (χ2v) is 4.96. The Balaban J connectivity index is 2.15. The molecule has 0 aliphatic rings. The predicted octanol–water partition coefficient (Wildman–Crippen LogP) is 2.92. The number of hydrogen-bond acceptors (Lipinski definition) is 3. The van der Waals surface area contributed by atoms with Gasteiger partial charge >= 0.3 is 6.18 Å². The predicted molar refractivity (Wildman–Crippen MR) is 76.1 cm³/mol. The van der Waals surface area contributed by atoms with Gasteiger partial charge in [0.05, 0.1) is 23.9 Å². The molecule has 0 bridgehead atoms.